The second-order valence-corrected chi connectivity index (χ2v) is 12.4. The number of hydrogen-bond donors (Lipinski definition) is 0. The van der Waals surface area contributed by atoms with Gasteiger partial charge in [0.1, 0.15) is 0 Å². The van der Waals surface area contributed by atoms with E-state index in [1.165, 1.54) is 16.5 Å². The molecule has 2 heterocycles. The summed E-state index contributed by atoms with van der Waals surface area (Å²) in [5.41, 5.74) is 12.2. The van der Waals surface area contributed by atoms with Crippen LogP contribution in [0.1, 0.15) is 0 Å². The van der Waals surface area contributed by atoms with Crippen molar-refractivity contribution >= 4 is 21.7 Å². The number of aromatic nitrogens is 3. The molecule has 0 bridgehead atoms. The third kappa shape index (κ3) is 5.41. The lowest BCUT2D eigenvalue weighted by atomic mass is 9.91. The van der Waals surface area contributed by atoms with Crippen LogP contribution in [0.15, 0.2) is 188 Å². The number of fused-ring (bicyclic) bond motifs is 3. The first kappa shape index (κ1) is 29.4. The summed E-state index contributed by atoms with van der Waals surface area (Å²) in [6.45, 7) is 0. The van der Waals surface area contributed by atoms with E-state index in [9.17, 15) is 0 Å². The maximum atomic E-state index is 5.48. The minimum atomic E-state index is 0.671. The average Bonchev–Trinajstić information content (AvgIpc) is 3.21. The zero-order valence-corrected chi connectivity index (χ0v) is 27.2. The standard InChI is InChI=1S/C47H31N3/c1-5-16-32(17-6-1)36-24-13-25-37(30-36)47-48-42(34-20-9-3-10-21-34)31-43(49-47)39-27-15-29-41-44-38(33-18-7-2-8-19-33)26-14-28-40(44)45(50-46(39)41)35-22-11-4-12-23-35/h1-31H. The molecule has 0 amide bonds. The van der Waals surface area contributed by atoms with Crippen LogP contribution in [0.5, 0.6) is 0 Å². The quantitative estimate of drug-likeness (QED) is 0.170. The van der Waals surface area contributed by atoms with E-state index in [1.807, 2.05) is 18.2 Å². The first-order valence-corrected chi connectivity index (χ1v) is 16.9. The van der Waals surface area contributed by atoms with Crippen LogP contribution in [0.25, 0.3) is 89.1 Å². The van der Waals surface area contributed by atoms with Gasteiger partial charge in [-0.2, -0.15) is 0 Å². The van der Waals surface area contributed by atoms with Gasteiger partial charge in [0, 0.05) is 38.4 Å². The summed E-state index contributed by atoms with van der Waals surface area (Å²) in [5, 5.41) is 3.38. The van der Waals surface area contributed by atoms with E-state index in [4.69, 9.17) is 15.0 Å². The zero-order valence-electron chi connectivity index (χ0n) is 27.2. The third-order valence-corrected chi connectivity index (χ3v) is 9.28. The van der Waals surface area contributed by atoms with Crippen molar-refractivity contribution < 1.29 is 0 Å². The summed E-state index contributed by atoms with van der Waals surface area (Å²) in [6, 6.07) is 65.5. The Morgan fingerprint density at radius 3 is 1.52 bits per heavy atom. The minimum absolute atomic E-state index is 0.671. The summed E-state index contributed by atoms with van der Waals surface area (Å²) in [7, 11) is 0. The SMILES string of the molecule is c1ccc(-c2cccc(-c3nc(-c4ccccc4)cc(-c4cccc5c4nc(-c4ccccc4)c4cccc(-c6ccccc6)c45)n3)c2)cc1. The Morgan fingerprint density at radius 2 is 0.820 bits per heavy atom. The fourth-order valence-electron chi connectivity index (χ4n) is 6.90. The normalized spacial score (nSPS) is 11.2. The predicted octanol–water partition coefficient (Wildman–Crippen LogP) is 12.2. The Morgan fingerprint density at radius 1 is 0.300 bits per heavy atom. The predicted molar refractivity (Wildman–Crippen MR) is 207 cm³/mol. The van der Waals surface area contributed by atoms with Gasteiger partial charge in [0.15, 0.2) is 5.82 Å². The Hall–Kier alpha value is -6.71. The van der Waals surface area contributed by atoms with Crippen molar-refractivity contribution in [2.24, 2.45) is 0 Å². The molecule has 0 aliphatic carbocycles. The first-order valence-electron chi connectivity index (χ1n) is 16.9. The Kier molecular flexibility index (Phi) is 7.49. The van der Waals surface area contributed by atoms with Gasteiger partial charge in [-0.15, -0.1) is 0 Å². The van der Waals surface area contributed by atoms with Gasteiger partial charge in [-0.3, -0.25) is 0 Å². The summed E-state index contributed by atoms with van der Waals surface area (Å²) in [4.78, 5) is 15.9. The summed E-state index contributed by atoms with van der Waals surface area (Å²) < 4.78 is 0. The van der Waals surface area contributed by atoms with Crippen LogP contribution < -0.4 is 0 Å². The van der Waals surface area contributed by atoms with Crippen LogP contribution in [0, 0.1) is 0 Å². The van der Waals surface area contributed by atoms with Crippen LogP contribution in [-0.2, 0) is 0 Å². The highest BCUT2D eigenvalue weighted by molar-refractivity contribution is 6.19. The van der Waals surface area contributed by atoms with Crippen molar-refractivity contribution in [1.82, 2.24) is 15.0 Å². The molecule has 0 aliphatic rings. The first-order chi connectivity index (χ1) is 24.8. The molecule has 7 aromatic carbocycles. The number of nitrogens with zero attached hydrogens (tertiary/aromatic N) is 3. The lowest BCUT2D eigenvalue weighted by Crippen LogP contribution is -1.98. The highest BCUT2D eigenvalue weighted by atomic mass is 14.9. The van der Waals surface area contributed by atoms with E-state index >= 15 is 0 Å². The second kappa shape index (κ2) is 12.7. The van der Waals surface area contributed by atoms with Crippen molar-refractivity contribution in [2.75, 3.05) is 0 Å². The molecule has 9 aromatic rings. The number of benzene rings is 7. The molecule has 0 saturated carbocycles. The molecule has 234 valence electrons. The van der Waals surface area contributed by atoms with E-state index in [1.54, 1.807) is 0 Å². The van der Waals surface area contributed by atoms with E-state index in [0.29, 0.717) is 5.82 Å². The van der Waals surface area contributed by atoms with Crippen molar-refractivity contribution in [3.05, 3.63) is 188 Å². The number of rotatable bonds is 6. The van der Waals surface area contributed by atoms with Crippen molar-refractivity contribution in [1.29, 1.82) is 0 Å². The highest BCUT2D eigenvalue weighted by Crippen LogP contribution is 2.41. The second-order valence-electron chi connectivity index (χ2n) is 12.4. The molecule has 0 spiro atoms. The van der Waals surface area contributed by atoms with Crippen molar-refractivity contribution in [2.45, 2.75) is 0 Å². The molecule has 0 unspecified atom stereocenters. The van der Waals surface area contributed by atoms with E-state index < -0.39 is 0 Å². The van der Waals surface area contributed by atoms with Gasteiger partial charge in [-0.1, -0.05) is 176 Å². The summed E-state index contributed by atoms with van der Waals surface area (Å²) >= 11 is 0. The molecule has 0 fully saturated rings. The number of para-hydroxylation sites is 1. The Bertz CT molecular complexity index is 2620. The topological polar surface area (TPSA) is 38.7 Å². The van der Waals surface area contributed by atoms with Gasteiger partial charge in [0.05, 0.1) is 22.6 Å². The molecule has 3 nitrogen and oxygen atoms in total. The van der Waals surface area contributed by atoms with Gasteiger partial charge in [0.2, 0.25) is 0 Å². The van der Waals surface area contributed by atoms with E-state index in [2.05, 4.69) is 170 Å². The minimum Gasteiger partial charge on any atom is -0.246 e. The van der Waals surface area contributed by atoms with Crippen molar-refractivity contribution in [3.8, 4) is 67.4 Å². The fourth-order valence-corrected chi connectivity index (χ4v) is 6.90. The molecule has 0 aliphatic heterocycles. The van der Waals surface area contributed by atoms with Gasteiger partial charge in [0.25, 0.3) is 0 Å². The maximum absolute atomic E-state index is 5.48. The van der Waals surface area contributed by atoms with Crippen LogP contribution >= 0.6 is 0 Å². The zero-order chi connectivity index (χ0) is 33.3. The Labute approximate surface area is 291 Å². The van der Waals surface area contributed by atoms with Crippen LogP contribution in [0.4, 0.5) is 0 Å². The fraction of sp³-hybridized carbons (Fsp3) is 0. The molecular formula is C47H31N3. The highest BCUT2D eigenvalue weighted by Gasteiger charge is 2.19. The lowest BCUT2D eigenvalue weighted by molar-refractivity contribution is 1.18. The molecule has 3 heteroatoms. The summed E-state index contributed by atoms with van der Waals surface area (Å²) in [5.74, 6) is 0.671. The lowest BCUT2D eigenvalue weighted by Gasteiger charge is -2.16. The third-order valence-electron chi connectivity index (χ3n) is 9.28. The van der Waals surface area contributed by atoms with Gasteiger partial charge < -0.3 is 0 Å². The molecule has 0 radical (unpaired) electrons. The molecule has 9 rings (SSSR count). The Balaban J connectivity index is 1.33. The largest absolute Gasteiger partial charge is 0.246 e. The average molecular weight is 638 g/mol. The molecular weight excluding hydrogens is 607 g/mol. The van der Waals surface area contributed by atoms with Gasteiger partial charge >= 0.3 is 0 Å². The number of hydrogen-bond acceptors (Lipinski definition) is 3. The monoisotopic (exact) mass is 637 g/mol. The molecule has 0 N–H and O–H groups in total. The van der Waals surface area contributed by atoms with Crippen LogP contribution in [0.3, 0.4) is 0 Å². The number of pyridine rings is 1. The molecule has 2 aromatic heterocycles. The molecule has 0 saturated heterocycles. The molecule has 0 atom stereocenters. The van der Waals surface area contributed by atoms with E-state index in [0.717, 1.165) is 66.8 Å². The van der Waals surface area contributed by atoms with E-state index in [-0.39, 0.29) is 0 Å². The maximum Gasteiger partial charge on any atom is 0.160 e. The summed E-state index contributed by atoms with van der Waals surface area (Å²) in [6.07, 6.45) is 0. The van der Waals surface area contributed by atoms with Crippen molar-refractivity contribution in [3.63, 3.8) is 0 Å². The van der Waals surface area contributed by atoms with Gasteiger partial charge in [-0.05, 0) is 34.4 Å². The van der Waals surface area contributed by atoms with Gasteiger partial charge in [-0.25, -0.2) is 15.0 Å². The molecule has 50 heavy (non-hydrogen) atoms. The van der Waals surface area contributed by atoms with Crippen LogP contribution in [0.2, 0.25) is 0 Å². The smallest absolute Gasteiger partial charge is 0.160 e. The van der Waals surface area contributed by atoms with Crippen LogP contribution in [-0.4, -0.2) is 15.0 Å².